The lowest BCUT2D eigenvalue weighted by molar-refractivity contribution is 0.0247. The Morgan fingerprint density at radius 3 is 2.24 bits per heavy atom. The minimum Gasteiger partial charge on any atom is -0.493 e. The van der Waals surface area contributed by atoms with Crippen LogP contribution in [0.15, 0.2) is 91.0 Å². The van der Waals surface area contributed by atoms with Crippen LogP contribution in [0.2, 0.25) is 0 Å². The number of fused-ring (bicyclic) bond motifs is 2. The van der Waals surface area contributed by atoms with Crippen LogP contribution in [-0.2, 0) is 16.9 Å². The van der Waals surface area contributed by atoms with Gasteiger partial charge in [0.1, 0.15) is 5.75 Å². The molecule has 6 rings (SSSR count). The van der Waals surface area contributed by atoms with Gasteiger partial charge in [-0.3, -0.25) is 0 Å². The highest BCUT2D eigenvalue weighted by Crippen LogP contribution is 2.56. The van der Waals surface area contributed by atoms with Crippen molar-refractivity contribution in [2.75, 3.05) is 24.6 Å². The van der Waals surface area contributed by atoms with E-state index in [1.54, 1.807) is 0 Å². The number of hydrogen-bond donors (Lipinski definition) is 0. The smallest absolute Gasteiger partial charge is 0.340 e. The minimum absolute atomic E-state index is 0.328. The molecule has 5 nitrogen and oxygen atoms in total. The Hall–Kier alpha value is -4.51. The zero-order valence-electron chi connectivity index (χ0n) is 25.1. The second-order valence-electron chi connectivity index (χ2n) is 10.7. The molecule has 0 saturated carbocycles. The maximum absolute atomic E-state index is 14.0. The summed E-state index contributed by atoms with van der Waals surface area (Å²) >= 11 is 0. The van der Waals surface area contributed by atoms with Crippen LogP contribution >= 0.6 is 0 Å². The monoisotopic (exact) mass is 558 g/mol. The largest absolute Gasteiger partial charge is 0.493 e. The second-order valence-corrected chi connectivity index (χ2v) is 10.7. The molecule has 2 heterocycles. The number of carbonyl (C=O) groups excluding carboxylic acids is 1. The van der Waals surface area contributed by atoms with Gasteiger partial charge in [0.15, 0.2) is 5.60 Å². The number of para-hydroxylation sites is 1. The molecule has 5 heteroatoms. The third-order valence-corrected chi connectivity index (χ3v) is 8.64. The third-order valence-electron chi connectivity index (χ3n) is 8.64. The number of anilines is 1. The van der Waals surface area contributed by atoms with Crippen LogP contribution in [0, 0.1) is 6.92 Å². The van der Waals surface area contributed by atoms with E-state index in [0.29, 0.717) is 12.2 Å². The Kier molecular flexibility index (Phi) is 7.28. The first kappa shape index (κ1) is 27.6. The Morgan fingerprint density at radius 2 is 1.52 bits per heavy atom. The summed E-state index contributed by atoms with van der Waals surface area (Å²) in [6.45, 7) is 13.7. The number of benzene rings is 4. The molecular formula is C37H38N2O3. The molecule has 0 aliphatic carbocycles. The normalized spacial score (nSPS) is 16.0. The lowest BCUT2D eigenvalue weighted by atomic mass is 9.75. The highest BCUT2D eigenvalue weighted by Gasteiger charge is 2.54. The molecule has 0 spiro atoms. The summed E-state index contributed by atoms with van der Waals surface area (Å²) in [6.07, 6.45) is 0. The molecule has 0 radical (unpaired) electrons. The first-order valence-corrected chi connectivity index (χ1v) is 15.0. The summed E-state index contributed by atoms with van der Waals surface area (Å²) in [5.74, 6) is 0.393. The lowest BCUT2D eigenvalue weighted by Gasteiger charge is -2.34. The van der Waals surface area contributed by atoms with Crippen molar-refractivity contribution < 1.29 is 14.3 Å². The average Bonchev–Trinajstić information content (AvgIpc) is 3.49. The predicted molar refractivity (Wildman–Crippen MR) is 171 cm³/mol. The standard InChI is InChI=1S/C37H38N2O3/c1-6-38(7-2)27-22-23-31(33(24-27)41-9-4)37(34-25(5)39(8-3)32-21-14-13-18-29(32)34)35-28(26-16-11-10-12-17-26)19-15-20-30(35)36(40)42-37/h10-24H,6-9H2,1-5H3. The number of nitrogens with zero attached hydrogens (tertiary/aromatic N) is 2. The van der Waals surface area contributed by atoms with Crippen molar-refractivity contribution in [2.24, 2.45) is 0 Å². The van der Waals surface area contributed by atoms with Gasteiger partial charge >= 0.3 is 5.97 Å². The van der Waals surface area contributed by atoms with Crippen LogP contribution in [0.1, 0.15) is 60.4 Å². The van der Waals surface area contributed by atoms with Gasteiger partial charge in [-0.25, -0.2) is 4.79 Å². The zero-order valence-corrected chi connectivity index (χ0v) is 25.1. The van der Waals surface area contributed by atoms with Crippen molar-refractivity contribution in [1.29, 1.82) is 0 Å². The molecule has 0 bridgehead atoms. The molecule has 0 fully saturated rings. The minimum atomic E-state index is -1.23. The van der Waals surface area contributed by atoms with Gasteiger partial charge in [-0.15, -0.1) is 0 Å². The van der Waals surface area contributed by atoms with E-state index in [4.69, 9.17) is 9.47 Å². The van der Waals surface area contributed by atoms with Crippen LogP contribution in [0.3, 0.4) is 0 Å². The molecule has 4 aromatic carbocycles. The summed E-state index contributed by atoms with van der Waals surface area (Å²) in [5, 5.41) is 1.07. The molecule has 214 valence electrons. The van der Waals surface area contributed by atoms with Crippen LogP contribution in [0.25, 0.3) is 22.0 Å². The molecule has 1 aliphatic heterocycles. The van der Waals surface area contributed by atoms with Gasteiger partial charge in [-0.2, -0.15) is 0 Å². The number of cyclic esters (lactones) is 1. The number of esters is 1. The SMILES string of the molecule is CCOc1cc(N(CC)CC)ccc1C1(c2c(C)n(CC)c3ccccc23)OC(=O)c2cccc(-c3ccccc3)c21. The third kappa shape index (κ3) is 4.10. The van der Waals surface area contributed by atoms with Crippen molar-refractivity contribution in [1.82, 2.24) is 4.57 Å². The zero-order chi connectivity index (χ0) is 29.4. The van der Waals surface area contributed by atoms with E-state index < -0.39 is 5.60 Å². The molecule has 0 N–H and O–H groups in total. The van der Waals surface area contributed by atoms with Gasteiger partial charge in [-0.05, 0) is 70.0 Å². The molecule has 5 aromatic rings. The van der Waals surface area contributed by atoms with Gasteiger partial charge in [0.2, 0.25) is 0 Å². The summed E-state index contributed by atoms with van der Waals surface area (Å²) in [6, 6.07) is 31.0. The highest BCUT2D eigenvalue weighted by atomic mass is 16.6. The second kappa shape index (κ2) is 11.1. The number of ether oxygens (including phenoxy) is 2. The van der Waals surface area contributed by atoms with Gasteiger partial charge in [-0.1, -0.05) is 60.7 Å². The Labute approximate surface area is 248 Å². The fourth-order valence-electron chi connectivity index (χ4n) is 6.85. The highest BCUT2D eigenvalue weighted by molar-refractivity contribution is 6.01. The maximum atomic E-state index is 14.0. The number of aryl methyl sites for hydroxylation is 1. The van der Waals surface area contributed by atoms with Gasteiger partial charge < -0.3 is 18.9 Å². The fourth-order valence-corrected chi connectivity index (χ4v) is 6.85. The van der Waals surface area contributed by atoms with Crippen molar-refractivity contribution in [3.05, 3.63) is 119 Å². The van der Waals surface area contributed by atoms with E-state index in [1.807, 2.05) is 37.3 Å². The van der Waals surface area contributed by atoms with E-state index >= 15 is 0 Å². The predicted octanol–water partition coefficient (Wildman–Crippen LogP) is 8.34. The van der Waals surface area contributed by atoms with E-state index in [9.17, 15) is 4.79 Å². The van der Waals surface area contributed by atoms with Crippen LogP contribution in [-0.4, -0.2) is 30.2 Å². The molecular weight excluding hydrogens is 520 g/mol. The average molecular weight is 559 g/mol. The molecule has 0 amide bonds. The van der Waals surface area contributed by atoms with E-state index in [2.05, 4.69) is 97.8 Å². The molecule has 42 heavy (non-hydrogen) atoms. The maximum Gasteiger partial charge on any atom is 0.340 e. The van der Waals surface area contributed by atoms with Crippen LogP contribution < -0.4 is 9.64 Å². The van der Waals surface area contributed by atoms with Gasteiger partial charge in [0, 0.05) is 64.7 Å². The van der Waals surface area contributed by atoms with Crippen molar-refractivity contribution in [2.45, 2.75) is 46.8 Å². The first-order chi connectivity index (χ1) is 20.5. The molecule has 0 saturated heterocycles. The fraction of sp³-hybridized carbons (Fsp3) is 0.270. The summed E-state index contributed by atoms with van der Waals surface area (Å²) < 4.78 is 15.5. The Balaban J connectivity index is 1.79. The quantitative estimate of drug-likeness (QED) is 0.171. The number of carbonyl (C=O) groups is 1. The molecule has 1 aliphatic rings. The van der Waals surface area contributed by atoms with Crippen LogP contribution in [0.4, 0.5) is 5.69 Å². The number of hydrogen-bond acceptors (Lipinski definition) is 4. The lowest BCUT2D eigenvalue weighted by Crippen LogP contribution is -2.32. The topological polar surface area (TPSA) is 43.7 Å². The molecule has 1 atom stereocenters. The van der Waals surface area contributed by atoms with Crippen LogP contribution in [0.5, 0.6) is 5.75 Å². The van der Waals surface area contributed by atoms with E-state index in [1.165, 1.54) is 0 Å². The molecule has 1 unspecified atom stereocenters. The molecule has 1 aromatic heterocycles. The van der Waals surface area contributed by atoms with Crippen molar-refractivity contribution in [3.63, 3.8) is 0 Å². The van der Waals surface area contributed by atoms with Gasteiger partial charge in [0.25, 0.3) is 0 Å². The number of rotatable bonds is 9. The Morgan fingerprint density at radius 1 is 0.810 bits per heavy atom. The number of aromatic nitrogens is 1. The van der Waals surface area contributed by atoms with Crippen molar-refractivity contribution >= 4 is 22.6 Å². The summed E-state index contributed by atoms with van der Waals surface area (Å²) in [5.41, 5.74) is 7.30. The Bertz CT molecular complexity index is 1770. The van der Waals surface area contributed by atoms with Gasteiger partial charge in [0.05, 0.1) is 12.2 Å². The summed E-state index contributed by atoms with van der Waals surface area (Å²) in [4.78, 5) is 16.3. The van der Waals surface area contributed by atoms with E-state index in [-0.39, 0.29) is 5.97 Å². The van der Waals surface area contributed by atoms with E-state index in [0.717, 1.165) is 75.5 Å². The summed E-state index contributed by atoms with van der Waals surface area (Å²) in [7, 11) is 0. The first-order valence-electron chi connectivity index (χ1n) is 15.0. The van der Waals surface area contributed by atoms with Crippen molar-refractivity contribution in [3.8, 4) is 16.9 Å².